The summed E-state index contributed by atoms with van der Waals surface area (Å²) in [6.45, 7) is 1.75. The molecule has 0 aliphatic rings. The Morgan fingerprint density at radius 2 is 1.79 bits per heavy atom. The van der Waals surface area contributed by atoms with E-state index in [0.29, 0.717) is 35.1 Å². The largest absolute Gasteiger partial charge is 0.497 e. The average molecular weight is 463 g/mol. The van der Waals surface area contributed by atoms with Crippen LogP contribution in [0.25, 0.3) is 16.9 Å². The van der Waals surface area contributed by atoms with Gasteiger partial charge in [-0.1, -0.05) is 0 Å². The summed E-state index contributed by atoms with van der Waals surface area (Å²) in [7, 11) is 3.19. The Bertz CT molecular complexity index is 1280. The number of methoxy groups -OCH3 is 2. The first-order valence-electron chi connectivity index (χ1n) is 10.6. The van der Waals surface area contributed by atoms with Crippen molar-refractivity contribution in [1.29, 1.82) is 0 Å². The first kappa shape index (κ1) is 23.0. The predicted octanol–water partition coefficient (Wildman–Crippen LogP) is 3.03. The van der Waals surface area contributed by atoms with Crippen molar-refractivity contribution in [3.63, 3.8) is 0 Å². The SMILES string of the molecule is COc1cc(OC)cc(N(CCO)c2ccc3ncc(-n4cnc(COC(C)=O)c4)nc3c2)c1. The number of esters is 1. The number of fused-ring (bicyclic) bond motifs is 1. The van der Waals surface area contributed by atoms with Crippen LogP contribution in [0, 0.1) is 0 Å². The highest BCUT2D eigenvalue weighted by molar-refractivity contribution is 5.81. The predicted molar refractivity (Wildman–Crippen MR) is 126 cm³/mol. The molecule has 2 heterocycles. The minimum Gasteiger partial charge on any atom is -0.497 e. The third-order valence-electron chi connectivity index (χ3n) is 5.12. The van der Waals surface area contributed by atoms with Gasteiger partial charge in [-0.2, -0.15) is 0 Å². The van der Waals surface area contributed by atoms with Crippen LogP contribution in [0.3, 0.4) is 0 Å². The van der Waals surface area contributed by atoms with Crippen molar-refractivity contribution in [2.75, 3.05) is 32.3 Å². The fourth-order valence-corrected chi connectivity index (χ4v) is 3.48. The number of imidazole rings is 1. The zero-order chi connectivity index (χ0) is 24.1. The lowest BCUT2D eigenvalue weighted by Gasteiger charge is -2.25. The molecule has 176 valence electrons. The van der Waals surface area contributed by atoms with Crippen LogP contribution < -0.4 is 14.4 Å². The number of benzene rings is 2. The molecule has 0 fully saturated rings. The second-order valence-corrected chi connectivity index (χ2v) is 7.40. The van der Waals surface area contributed by atoms with Crippen molar-refractivity contribution >= 4 is 28.4 Å². The molecule has 0 bridgehead atoms. The molecule has 0 saturated heterocycles. The maximum absolute atomic E-state index is 11.0. The number of aliphatic hydroxyl groups is 1. The van der Waals surface area contributed by atoms with Crippen molar-refractivity contribution in [1.82, 2.24) is 19.5 Å². The van der Waals surface area contributed by atoms with E-state index in [2.05, 4.69) is 9.97 Å². The van der Waals surface area contributed by atoms with E-state index in [0.717, 1.165) is 16.9 Å². The number of aromatic nitrogens is 4. The molecule has 1 N–H and O–H groups in total. The van der Waals surface area contributed by atoms with Crippen molar-refractivity contribution in [2.45, 2.75) is 13.5 Å². The minimum atomic E-state index is -0.367. The number of ether oxygens (including phenoxy) is 3. The van der Waals surface area contributed by atoms with E-state index in [1.165, 1.54) is 6.92 Å². The van der Waals surface area contributed by atoms with Gasteiger partial charge in [-0.25, -0.2) is 9.97 Å². The molecule has 0 aliphatic heterocycles. The van der Waals surface area contributed by atoms with E-state index in [1.807, 2.05) is 35.2 Å². The van der Waals surface area contributed by atoms with E-state index in [9.17, 15) is 9.90 Å². The summed E-state index contributed by atoms with van der Waals surface area (Å²) in [4.78, 5) is 26.5. The van der Waals surface area contributed by atoms with Crippen molar-refractivity contribution in [3.05, 3.63) is 60.8 Å². The minimum absolute atomic E-state index is 0.0522. The molecular formula is C24H25N5O5. The van der Waals surface area contributed by atoms with E-state index in [1.54, 1.807) is 43.6 Å². The molecule has 34 heavy (non-hydrogen) atoms. The lowest BCUT2D eigenvalue weighted by molar-refractivity contribution is -0.142. The van der Waals surface area contributed by atoms with Gasteiger partial charge in [-0.15, -0.1) is 0 Å². The molecule has 4 rings (SSSR count). The zero-order valence-corrected chi connectivity index (χ0v) is 19.1. The van der Waals surface area contributed by atoms with Crippen LogP contribution >= 0.6 is 0 Å². The topological polar surface area (TPSA) is 112 Å². The molecule has 10 nitrogen and oxygen atoms in total. The van der Waals surface area contributed by atoms with Crippen molar-refractivity contribution in [2.24, 2.45) is 0 Å². The van der Waals surface area contributed by atoms with Crippen LogP contribution in [-0.2, 0) is 16.1 Å². The number of carbonyl (C=O) groups is 1. The second kappa shape index (κ2) is 10.2. The van der Waals surface area contributed by atoms with Crippen LogP contribution in [-0.4, -0.2) is 58.0 Å². The summed E-state index contributed by atoms with van der Waals surface area (Å²) >= 11 is 0. The first-order chi connectivity index (χ1) is 16.5. The lowest BCUT2D eigenvalue weighted by Crippen LogP contribution is -2.21. The fourth-order valence-electron chi connectivity index (χ4n) is 3.48. The number of carbonyl (C=O) groups excluding carboxylic acids is 1. The highest BCUT2D eigenvalue weighted by Crippen LogP contribution is 2.33. The summed E-state index contributed by atoms with van der Waals surface area (Å²) in [5, 5.41) is 9.72. The smallest absolute Gasteiger partial charge is 0.303 e. The molecule has 0 unspecified atom stereocenters. The standard InChI is InChI=1S/C24H25N5O5/c1-16(31)34-14-17-13-28(15-26-17)24-12-25-22-5-4-18(10-23(22)27-24)29(6-7-30)19-8-20(32-2)11-21(9-19)33-3/h4-5,8-13,15,30H,6-7,14H2,1-3H3. The zero-order valence-electron chi connectivity index (χ0n) is 19.1. The molecule has 0 spiro atoms. The molecule has 0 aliphatic carbocycles. The van der Waals surface area contributed by atoms with Gasteiger partial charge in [0.2, 0.25) is 0 Å². The van der Waals surface area contributed by atoms with Gasteiger partial charge in [0.15, 0.2) is 5.82 Å². The fraction of sp³-hybridized carbons (Fsp3) is 0.250. The Hall–Kier alpha value is -4.18. The summed E-state index contributed by atoms with van der Waals surface area (Å²) in [6, 6.07) is 11.3. The van der Waals surface area contributed by atoms with Gasteiger partial charge in [0.25, 0.3) is 0 Å². The van der Waals surface area contributed by atoms with Gasteiger partial charge in [-0.05, 0) is 18.2 Å². The van der Waals surface area contributed by atoms with Crippen LogP contribution in [0.4, 0.5) is 11.4 Å². The second-order valence-electron chi connectivity index (χ2n) is 7.40. The van der Waals surface area contributed by atoms with E-state index in [4.69, 9.17) is 19.2 Å². The van der Waals surface area contributed by atoms with Gasteiger partial charge in [0.05, 0.1) is 43.8 Å². The van der Waals surface area contributed by atoms with E-state index in [-0.39, 0.29) is 19.2 Å². The van der Waals surface area contributed by atoms with Crippen molar-refractivity contribution in [3.8, 4) is 17.3 Å². The van der Waals surface area contributed by atoms with Crippen LogP contribution in [0.1, 0.15) is 12.6 Å². The molecule has 4 aromatic rings. The highest BCUT2D eigenvalue weighted by Gasteiger charge is 2.14. The number of aliphatic hydroxyl groups excluding tert-OH is 1. The summed E-state index contributed by atoms with van der Waals surface area (Å²) < 4.78 is 17.5. The number of anilines is 2. The molecule has 0 amide bonds. The molecular weight excluding hydrogens is 438 g/mol. The Labute approximate surface area is 196 Å². The van der Waals surface area contributed by atoms with Crippen LogP contribution in [0.15, 0.2) is 55.1 Å². The van der Waals surface area contributed by atoms with Gasteiger partial charge >= 0.3 is 5.97 Å². The molecule has 10 heteroatoms. The quantitative estimate of drug-likeness (QED) is 0.374. The Balaban J connectivity index is 1.69. The molecule has 2 aromatic carbocycles. The third-order valence-corrected chi connectivity index (χ3v) is 5.12. The first-order valence-corrected chi connectivity index (χ1v) is 10.6. The van der Waals surface area contributed by atoms with E-state index < -0.39 is 0 Å². The van der Waals surface area contributed by atoms with Gasteiger partial charge in [0, 0.05) is 49.2 Å². The van der Waals surface area contributed by atoms with E-state index >= 15 is 0 Å². The molecule has 0 atom stereocenters. The third kappa shape index (κ3) is 5.07. The lowest BCUT2D eigenvalue weighted by atomic mass is 10.2. The number of rotatable bonds is 9. The maximum atomic E-state index is 11.0. The molecule has 0 radical (unpaired) electrons. The van der Waals surface area contributed by atoms with Crippen molar-refractivity contribution < 1.29 is 24.1 Å². The number of hydrogen-bond donors (Lipinski definition) is 1. The monoisotopic (exact) mass is 463 g/mol. The van der Waals surface area contributed by atoms with Crippen LogP contribution in [0.2, 0.25) is 0 Å². The van der Waals surface area contributed by atoms with Gasteiger partial charge < -0.3 is 24.2 Å². The Morgan fingerprint density at radius 3 is 2.47 bits per heavy atom. The van der Waals surface area contributed by atoms with Crippen LogP contribution in [0.5, 0.6) is 11.5 Å². The number of nitrogens with zero attached hydrogens (tertiary/aromatic N) is 5. The number of hydrogen-bond acceptors (Lipinski definition) is 9. The average Bonchev–Trinajstić information content (AvgIpc) is 3.34. The van der Waals surface area contributed by atoms with Gasteiger partial charge in [0.1, 0.15) is 24.4 Å². The summed E-state index contributed by atoms with van der Waals surface area (Å²) in [5.74, 6) is 1.49. The highest BCUT2D eigenvalue weighted by atomic mass is 16.5. The molecule has 2 aromatic heterocycles. The summed E-state index contributed by atoms with van der Waals surface area (Å²) in [6.07, 6.45) is 4.99. The Kier molecular flexibility index (Phi) is 6.88. The van der Waals surface area contributed by atoms with Gasteiger partial charge in [-0.3, -0.25) is 14.3 Å². The molecule has 0 saturated carbocycles. The maximum Gasteiger partial charge on any atom is 0.303 e. The normalized spacial score (nSPS) is 10.8. The summed E-state index contributed by atoms with van der Waals surface area (Å²) in [5.41, 5.74) is 3.62. The Morgan fingerprint density at radius 1 is 1.03 bits per heavy atom.